The normalized spacial score (nSPS) is 23.5. The Hall–Kier alpha value is -2.11. The number of likely N-dealkylation sites (tertiary alicyclic amines) is 1. The number of fused-ring (bicyclic) bond motifs is 1. The number of amides is 1. The molecule has 0 aromatic carbocycles. The van der Waals surface area contributed by atoms with Gasteiger partial charge in [-0.1, -0.05) is 12.8 Å². The van der Waals surface area contributed by atoms with Gasteiger partial charge in [-0.15, -0.1) is 0 Å². The number of esters is 1. The first-order valence-corrected chi connectivity index (χ1v) is 8.72. The molecule has 2 aliphatic rings. The fourth-order valence-corrected chi connectivity index (χ4v) is 3.94. The van der Waals surface area contributed by atoms with Crippen LogP contribution in [0.25, 0.3) is 0 Å². The average Bonchev–Trinajstić information content (AvgIpc) is 3.09. The number of aromatic nitrogens is 1. The molecule has 2 atom stereocenters. The van der Waals surface area contributed by atoms with Crippen molar-refractivity contribution >= 4 is 17.7 Å². The molecule has 24 heavy (non-hydrogen) atoms. The molecule has 3 rings (SSSR count). The van der Waals surface area contributed by atoms with Crippen molar-refractivity contribution in [3.05, 3.63) is 23.5 Å². The molecule has 1 aliphatic carbocycles. The van der Waals surface area contributed by atoms with Crippen molar-refractivity contribution in [2.24, 2.45) is 5.92 Å². The number of aromatic amines is 1. The fourth-order valence-electron chi connectivity index (χ4n) is 3.94. The summed E-state index contributed by atoms with van der Waals surface area (Å²) in [5, 5.41) is 0. The maximum Gasteiger partial charge on any atom is 0.355 e. The molecule has 1 N–H and O–H groups in total. The van der Waals surface area contributed by atoms with Gasteiger partial charge in [0.1, 0.15) is 5.69 Å². The van der Waals surface area contributed by atoms with Crippen LogP contribution in [0.2, 0.25) is 0 Å². The molecule has 1 aliphatic heterocycles. The number of ether oxygens (including phenoxy) is 1. The van der Waals surface area contributed by atoms with E-state index in [9.17, 15) is 14.4 Å². The van der Waals surface area contributed by atoms with E-state index in [0.29, 0.717) is 17.5 Å². The van der Waals surface area contributed by atoms with Gasteiger partial charge in [-0.25, -0.2) is 4.79 Å². The molecule has 1 saturated heterocycles. The van der Waals surface area contributed by atoms with Crippen molar-refractivity contribution in [3.8, 4) is 0 Å². The smallest absolute Gasteiger partial charge is 0.355 e. The maximum atomic E-state index is 12.5. The molecule has 1 aromatic heterocycles. The summed E-state index contributed by atoms with van der Waals surface area (Å²) in [6.45, 7) is 1.95. The molecule has 6 heteroatoms. The summed E-state index contributed by atoms with van der Waals surface area (Å²) < 4.78 is 5.14. The van der Waals surface area contributed by atoms with Crippen LogP contribution in [-0.4, -0.2) is 46.7 Å². The summed E-state index contributed by atoms with van der Waals surface area (Å²) in [4.78, 5) is 40.4. The lowest BCUT2D eigenvalue weighted by molar-refractivity contribution is -0.140. The SMILES string of the molecule is CC(=O)c1c[nH]c(C(=O)OCC(=O)N2CCC[C@@H]3CCCC[C@H]32)c1. The lowest BCUT2D eigenvalue weighted by Gasteiger charge is -2.44. The van der Waals surface area contributed by atoms with E-state index in [0.717, 1.165) is 19.4 Å². The molecule has 2 heterocycles. The Kier molecular flexibility index (Phi) is 5.02. The van der Waals surface area contributed by atoms with E-state index in [1.165, 1.54) is 44.9 Å². The number of Topliss-reactive ketones (excluding diaryl/α,β-unsaturated/α-hetero) is 1. The van der Waals surface area contributed by atoms with Crippen molar-refractivity contribution in [2.45, 2.75) is 51.5 Å². The van der Waals surface area contributed by atoms with E-state index in [1.54, 1.807) is 0 Å². The summed E-state index contributed by atoms with van der Waals surface area (Å²) >= 11 is 0. The van der Waals surface area contributed by atoms with E-state index < -0.39 is 5.97 Å². The van der Waals surface area contributed by atoms with Crippen molar-refractivity contribution in [2.75, 3.05) is 13.2 Å². The molecule has 0 radical (unpaired) electrons. The average molecular weight is 332 g/mol. The molecule has 130 valence electrons. The van der Waals surface area contributed by atoms with E-state index in [2.05, 4.69) is 4.98 Å². The van der Waals surface area contributed by atoms with Gasteiger partial charge in [-0.3, -0.25) is 9.59 Å². The van der Waals surface area contributed by atoms with E-state index in [1.807, 2.05) is 4.90 Å². The zero-order valence-corrected chi connectivity index (χ0v) is 14.0. The Morgan fingerprint density at radius 1 is 1.21 bits per heavy atom. The van der Waals surface area contributed by atoms with Crippen LogP contribution >= 0.6 is 0 Å². The predicted octanol–water partition coefficient (Wildman–Crippen LogP) is 2.56. The first-order valence-electron chi connectivity index (χ1n) is 8.72. The quantitative estimate of drug-likeness (QED) is 0.679. The van der Waals surface area contributed by atoms with Gasteiger partial charge in [-0.05, 0) is 44.6 Å². The minimum absolute atomic E-state index is 0.113. The van der Waals surface area contributed by atoms with Crippen molar-refractivity contribution in [1.82, 2.24) is 9.88 Å². The number of nitrogens with zero attached hydrogens (tertiary/aromatic N) is 1. The lowest BCUT2D eigenvalue weighted by Crippen LogP contribution is -2.50. The highest BCUT2D eigenvalue weighted by Gasteiger charge is 2.35. The minimum Gasteiger partial charge on any atom is -0.451 e. The number of carbonyl (C=O) groups excluding carboxylic acids is 3. The van der Waals surface area contributed by atoms with Crippen LogP contribution in [0.1, 0.15) is 66.3 Å². The van der Waals surface area contributed by atoms with Gasteiger partial charge in [0.15, 0.2) is 12.4 Å². The van der Waals surface area contributed by atoms with Gasteiger partial charge >= 0.3 is 5.97 Å². The summed E-state index contributed by atoms with van der Waals surface area (Å²) in [6, 6.07) is 1.77. The summed E-state index contributed by atoms with van der Waals surface area (Å²) in [6.07, 6.45) is 8.38. The fraction of sp³-hybridized carbons (Fsp3) is 0.611. The van der Waals surface area contributed by atoms with Crippen LogP contribution in [-0.2, 0) is 9.53 Å². The number of piperidine rings is 1. The minimum atomic E-state index is -0.604. The van der Waals surface area contributed by atoms with Crippen molar-refractivity contribution < 1.29 is 19.1 Å². The Morgan fingerprint density at radius 3 is 2.71 bits per heavy atom. The van der Waals surface area contributed by atoms with E-state index in [-0.39, 0.29) is 24.0 Å². The maximum absolute atomic E-state index is 12.5. The van der Waals surface area contributed by atoms with Crippen LogP contribution in [0.15, 0.2) is 12.3 Å². The largest absolute Gasteiger partial charge is 0.451 e. The van der Waals surface area contributed by atoms with Crippen LogP contribution in [0, 0.1) is 5.92 Å². The monoisotopic (exact) mass is 332 g/mol. The predicted molar refractivity (Wildman–Crippen MR) is 87.8 cm³/mol. The Labute approximate surface area is 141 Å². The van der Waals surface area contributed by atoms with E-state index >= 15 is 0 Å². The van der Waals surface area contributed by atoms with Gasteiger partial charge in [0.25, 0.3) is 5.91 Å². The Morgan fingerprint density at radius 2 is 1.96 bits per heavy atom. The van der Waals surface area contributed by atoms with Gasteiger partial charge in [0, 0.05) is 24.3 Å². The molecule has 1 saturated carbocycles. The molecular weight excluding hydrogens is 308 g/mol. The zero-order chi connectivity index (χ0) is 17.1. The van der Waals surface area contributed by atoms with Crippen LogP contribution in [0.3, 0.4) is 0 Å². The number of H-pyrrole nitrogens is 1. The number of nitrogens with one attached hydrogen (secondary N) is 1. The number of rotatable bonds is 4. The molecule has 1 aromatic rings. The van der Waals surface area contributed by atoms with Crippen molar-refractivity contribution in [1.29, 1.82) is 0 Å². The molecule has 0 spiro atoms. The second kappa shape index (κ2) is 7.20. The van der Waals surface area contributed by atoms with Crippen molar-refractivity contribution in [3.63, 3.8) is 0 Å². The van der Waals surface area contributed by atoms with Crippen LogP contribution in [0.4, 0.5) is 0 Å². The number of hydrogen-bond donors (Lipinski definition) is 1. The number of ketones is 1. The second-order valence-electron chi connectivity index (χ2n) is 6.78. The van der Waals surface area contributed by atoms with Crippen LogP contribution in [0.5, 0.6) is 0 Å². The zero-order valence-electron chi connectivity index (χ0n) is 14.0. The van der Waals surface area contributed by atoms with Gasteiger partial charge < -0.3 is 14.6 Å². The first kappa shape index (κ1) is 16.7. The molecule has 0 unspecified atom stereocenters. The Bertz CT molecular complexity index is 635. The molecule has 2 fully saturated rings. The molecule has 0 bridgehead atoms. The number of hydrogen-bond acceptors (Lipinski definition) is 4. The third kappa shape index (κ3) is 3.52. The summed E-state index contributed by atoms with van der Waals surface area (Å²) in [5.41, 5.74) is 0.622. The third-order valence-electron chi connectivity index (χ3n) is 5.20. The van der Waals surface area contributed by atoms with Gasteiger partial charge in [0.05, 0.1) is 0 Å². The number of carbonyl (C=O) groups is 3. The third-order valence-corrected chi connectivity index (χ3v) is 5.20. The second-order valence-corrected chi connectivity index (χ2v) is 6.78. The van der Waals surface area contributed by atoms with Gasteiger partial charge in [-0.2, -0.15) is 0 Å². The first-order chi connectivity index (χ1) is 11.6. The standard InChI is InChI=1S/C18H24N2O4/c1-12(21)14-9-15(19-10-14)18(23)24-11-17(22)20-8-4-6-13-5-2-3-7-16(13)20/h9-10,13,16,19H,2-8,11H2,1H3/t13-,16+/m0/s1. The Balaban J connectivity index is 1.56. The topological polar surface area (TPSA) is 79.5 Å². The highest BCUT2D eigenvalue weighted by molar-refractivity contribution is 5.97. The summed E-state index contributed by atoms with van der Waals surface area (Å²) in [7, 11) is 0. The van der Waals surface area contributed by atoms with E-state index in [4.69, 9.17) is 4.74 Å². The highest BCUT2D eigenvalue weighted by atomic mass is 16.5. The molecule has 1 amide bonds. The van der Waals surface area contributed by atoms with Crippen LogP contribution < -0.4 is 0 Å². The summed E-state index contributed by atoms with van der Waals surface area (Å²) in [5.74, 6) is -0.238. The molecule has 6 nitrogen and oxygen atoms in total. The lowest BCUT2D eigenvalue weighted by atomic mass is 9.78. The molecular formula is C18H24N2O4. The highest BCUT2D eigenvalue weighted by Crippen LogP contribution is 2.35. The van der Waals surface area contributed by atoms with Gasteiger partial charge in [0.2, 0.25) is 0 Å².